The number of carbonyl (C=O) groups is 4. The van der Waals surface area contributed by atoms with E-state index in [9.17, 15) is 19.2 Å². The summed E-state index contributed by atoms with van der Waals surface area (Å²) in [7, 11) is 1.27. The minimum absolute atomic E-state index is 0.0799. The number of esters is 3. The van der Waals surface area contributed by atoms with Crippen LogP contribution in [0.4, 0.5) is 4.79 Å². The fraction of sp³-hybridized carbons (Fsp3) is 0.630. The predicted octanol–water partition coefficient (Wildman–Crippen LogP) is 4.22. The highest BCUT2D eigenvalue weighted by Gasteiger charge is 2.23. The maximum Gasteiger partial charge on any atom is 0.508 e. The normalized spacial score (nSPS) is 12.6. The first kappa shape index (κ1) is 31.9. The van der Waals surface area contributed by atoms with Crippen molar-refractivity contribution < 1.29 is 42.9 Å². The summed E-state index contributed by atoms with van der Waals surface area (Å²) < 4.78 is 26.0. The summed E-state index contributed by atoms with van der Waals surface area (Å²) in [6.07, 6.45) is 1.60. The maximum absolute atomic E-state index is 12.4. The van der Waals surface area contributed by atoms with Gasteiger partial charge in [0.2, 0.25) is 0 Å². The van der Waals surface area contributed by atoms with Gasteiger partial charge in [0.05, 0.1) is 25.6 Å². The van der Waals surface area contributed by atoms with Gasteiger partial charge in [0.25, 0.3) is 0 Å². The van der Waals surface area contributed by atoms with E-state index in [4.69, 9.17) is 23.7 Å². The Balaban J connectivity index is 2.92. The second-order valence-corrected chi connectivity index (χ2v) is 9.35. The predicted molar refractivity (Wildman–Crippen MR) is 136 cm³/mol. The molecule has 1 unspecified atom stereocenters. The van der Waals surface area contributed by atoms with Crippen LogP contribution >= 0.6 is 0 Å². The molecule has 10 nitrogen and oxygen atoms in total. The second kappa shape index (κ2) is 16.6. The molecular weight excluding hydrogens is 482 g/mol. The smallest absolute Gasteiger partial charge is 0.468 e. The number of ether oxygens (including phenoxy) is 5. The van der Waals surface area contributed by atoms with Crippen molar-refractivity contribution in [1.29, 1.82) is 0 Å². The number of rotatable bonds is 15. The average Bonchev–Trinajstić information content (AvgIpc) is 2.85. The van der Waals surface area contributed by atoms with E-state index in [0.29, 0.717) is 12.2 Å². The standard InChI is InChI=1S/C27H41NO9/c1-8-9-10-13-34-27(32)35-19(6)16-28-21(26(31)33-7)14-20-11-12-22(36-24(29)17(2)3)23(15-20)37-25(30)18(4)5/h11-12,15,17-19,21,28H,8-10,13-14,16H2,1-7H3/t19?,21-/m0/s1. The van der Waals surface area contributed by atoms with Gasteiger partial charge in [-0.3, -0.25) is 14.4 Å². The lowest BCUT2D eigenvalue weighted by atomic mass is 10.0. The first-order chi connectivity index (χ1) is 17.5. The summed E-state index contributed by atoms with van der Waals surface area (Å²) in [6.45, 7) is 11.0. The van der Waals surface area contributed by atoms with Crippen LogP contribution in [0, 0.1) is 11.8 Å². The minimum Gasteiger partial charge on any atom is -0.468 e. The molecule has 0 saturated carbocycles. The van der Waals surface area contributed by atoms with Crippen LogP contribution < -0.4 is 14.8 Å². The molecule has 1 aromatic carbocycles. The Morgan fingerprint density at radius 2 is 1.49 bits per heavy atom. The van der Waals surface area contributed by atoms with E-state index in [1.165, 1.54) is 13.2 Å². The van der Waals surface area contributed by atoms with E-state index >= 15 is 0 Å². The lowest BCUT2D eigenvalue weighted by molar-refractivity contribution is -0.143. The lowest BCUT2D eigenvalue weighted by Crippen LogP contribution is -2.43. The molecule has 1 N–H and O–H groups in total. The number of nitrogens with one attached hydrogen (secondary N) is 1. The van der Waals surface area contributed by atoms with Gasteiger partial charge in [-0.15, -0.1) is 0 Å². The van der Waals surface area contributed by atoms with Crippen LogP contribution in [0.1, 0.15) is 66.4 Å². The number of hydrogen-bond acceptors (Lipinski definition) is 10. The summed E-state index contributed by atoms with van der Waals surface area (Å²) in [4.78, 5) is 48.6. The molecule has 0 radical (unpaired) electrons. The van der Waals surface area contributed by atoms with E-state index in [-0.39, 0.29) is 30.4 Å². The molecule has 0 spiro atoms. The van der Waals surface area contributed by atoms with Gasteiger partial charge in [-0.1, -0.05) is 53.5 Å². The first-order valence-corrected chi connectivity index (χ1v) is 12.7. The molecule has 0 amide bonds. The topological polar surface area (TPSA) is 126 Å². The molecule has 1 rings (SSSR count). The highest BCUT2D eigenvalue weighted by Crippen LogP contribution is 2.30. The van der Waals surface area contributed by atoms with Crippen LogP contribution in [0.2, 0.25) is 0 Å². The van der Waals surface area contributed by atoms with Crippen LogP contribution in [-0.4, -0.2) is 56.5 Å². The van der Waals surface area contributed by atoms with Crippen molar-refractivity contribution in [2.75, 3.05) is 20.3 Å². The van der Waals surface area contributed by atoms with Crippen LogP contribution in [0.3, 0.4) is 0 Å². The van der Waals surface area contributed by atoms with Crippen LogP contribution in [0.25, 0.3) is 0 Å². The Labute approximate surface area is 219 Å². The Hall–Kier alpha value is -3.14. The third-order valence-corrected chi connectivity index (χ3v) is 5.21. The molecule has 10 heteroatoms. The van der Waals surface area contributed by atoms with Gasteiger partial charge in [0, 0.05) is 6.54 Å². The van der Waals surface area contributed by atoms with Crippen molar-refractivity contribution in [1.82, 2.24) is 5.32 Å². The van der Waals surface area contributed by atoms with Crippen molar-refractivity contribution in [3.63, 3.8) is 0 Å². The fourth-order valence-corrected chi connectivity index (χ4v) is 2.97. The van der Waals surface area contributed by atoms with Crippen LogP contribution in [0.15, 0.2) is 18.2 Å². The zero-order valence-corrected chi connectivity index (χ0v) is 23.0. The monoisotopic (exact) mass is 523 g/mol. The van der Waals surface area contributed by atoms with Gasteiger partial charge < -0.3 is 29.0 Å². The molecule has 2 atom stereocenters. The van der Waals surface area contributed by atoms with Gasteiger partial charge in [-0.2, -0.15) is 0 Å². The Kier molecular flexibility index (Phi) is 14.3. The summed E-state index contributed by atoms with van der Waals surface area (Å²) in [5, 5.41) is 3.04. The SMILES string of the molecule is CCCCCOC(=O)OC(C)CN[C@@H](Cc1ccc(OC(=O)C(C)C)c(OC(=O)C(C)C)c1)C(=O)OC. The van der Waals surface area contributed by atoms with E-state index in [1.807, 2.05) is 0 Å². The van der Waals surface area contributed by atoms with Gasteiger partial charge >= 0.3 is 24.1 Å². The largest absolute Gasteiger partial charge is 0.508 e. The lowest BCUT2D eigenvalue weighted by Gasteiger charge is -2.20. The quantitative estimate of drug-likeness (QED) is 0.203. The van der Waals surface area contributed by atoms with E-state index in [1.54, 1.807) is 46.8 Å². The molecule has 0 aliphatic carbocycles. The van der Waals surface area contributed by atoms with Crippen molar-refractivity contribution in [2.24, 2.45) is 11.8 Å². The molecule has 208 valence electrons. The molecule has 0 aliphatic heterocycles. The molecule has 1 aromatic rings. The Bertz CT molecular complexity index is 898. The molecule has 0 aromatic heterocycles. The third kappa shape index (κ3) is 12.1. The van der Waals surface area contributed by atoms with E-state index in [2.05, 4.69) is 12.2 Å². The Morgan fingerprint density at radius 1 is 0.865 bits per heavy atom. The van der Waals surface area contributed by atoms with Crippen molar-refractivity contribution in [2.45, 2.75) is 79.4 Å². The molecule has 0 bridgehead atoms. The number of methoxy groups -OCH3 is 1. The number of benzene rings is 1. The van der Waals surface area contributed by atoms with Gasteiger partial charge in [0.1, 0.15) is 12.1 Å². The maximum atomic E-state index is 12.4. The van der Waals surface area contributed by atoms with E-state index < -0.39 is 42.1 Å². The van der Waals surface area contributed by atoms with Crippen molar-refractivity contribution in [3.05, 3.63) is 23.8 Å². The molecular formula is C27H41NO9. The van der Waals surface area contributed by atoms with Gasteiger partial charge in [-0.25, -0.2) is 4.79 Å². The molecule has 0 heterocycles. The third-order valence-electron chi connectivity index (χ3n) is 5.21. The molecule has 0 aliphatic rings. The highest BCUT2D eigenvalue weighted by atomic mass is 16.7. The average molecular weight is 524 g/mol. The van der Waals surface area contributed by atoms with E-state index in [0.717, 1.165) is 19.3 Å². The summed E-state index contributed by atoms with van der Waals surface area (Å²) in [5.74, 6) is -2.07. The summed E-state index contributed by atoms with van der Waals surface area (Å²) >= 11 is 0. The number of carbonyl (C=O) groups excluding carboxylic acids is 4. The summed E-state index contributed by atoms with van der Waals surface area (Å²) in [6, 6.07) is 3.96. The van der Waals surface area contributed by atoms with Crippen molar-refractivity contribution >= 4 is 24.1 Å². The van der Waals surface area contributed by atoms with Gasteiger partial charge in [0.15, 0.2) is 11.5 Å². The van der Waals surface area contributed by atoms with Crippen LogP contribution in [-0.2, 0) is 35.0 Å². The number of unbranched alkanes of at least 4 members (excludes halogenated alkanes) is 2. The second-order valence-electron chi connectivity index (χ2n) is 9.35. The zero-order valence-electron chi connectivity index (χ0n) is 23.0. The minimum atomic E-state index is -0.783. The Morgan fingerprint density at radius 3 is 2.05 bits per heavy atom. The first-order valence-electron chi connectivity index (χ1n) is 12.7. The van der Waals surface area contributed by atoms with Gasteiger partial charge in [-0.05, 0) is 37.5 Å². The molecule has 37 heavy (non-hydrogen) atoms. The van der Waals surface area contributed by atoms with Crippen LogP contribution in [0.5, 0.6) is 11.5 Å². The zero-order chi connectivity index (χ0) is 28.0. The molecule has 0 fully saturated rings. The fourth-order valence-electron chi connectivity index (χ4n) is 2.97. The summed E-state index contributed by atoms with van der Waals surface area (Å²) in [5.41, 5.74) is 0.628. The molecule has 0 saturated heterocycles. The van der Waals surface area contributed by atoms with Crippen molar-refractivity contribution in [3.8, 4) is 11.5 Å². The highest BCUT2D eigenvalue weighted by molar-refractivity contribution is 5.78. The number of hydrogen-bond donors (Lipinski definition) is 1.